The maximum Gasteiger partial charge on any atom is 0.239 e. The molecule has 0 aromatic heterocycles. The van der Waals surface area contributed by atoms with Crippen LogP contribution in [0.15, 0.2) is 18.2 Å². The van der Waals surface area contributed by atoms with Crippen LogP contribution in [0.3, 0.4) is 0 Å². The molecule has 0 atom stereocenters. The van der Waals surface area contributed by atoms with E-state index in [2.05, 4.69) is 10.0 Å². The zero-order valence-electron chi connectivity index (χ0n) is 9.45. The zero-order chi connectivity index (χ0) is 13.1. The van der Waals surface area contributed by atoms with Crippen LogP contribution >= 0.6 is 11.6 Å². The van der Waals surface area contributed by atoms with E-state index in [1.165, 1.54) is 0 Å². The predicted molar refractivity (Wildman–Crippen MR) is 69.0 cm³/mol. The van der Waals surface area contributed by atoms with Crippen LogP contribution in [-0.2, 0) is 14.8 Å². The van der Waals surface area contributed by atoms with Crippen molar-refractivity contribution in [1.29, 1.82) is 0 Å². The largest absolute Gasteiger partial charge is 0.325 e. The van der Waals surface area contributed by atoms with Crippen LogP contribution in [-0.4, -0.2) is 26.5 Å². The van der Waals surface area contributed by atoms with Crippen molar-refractivity contribution in [1.82, 2.24) is 0 Å². The third-order valence-electron chi connectivity index (χ3n) is 1.94. The minimum absolute atomic E-state index is 0.150. The summed E-state index contributed by atoms with van der Waals surface area (Å²) < 4.78 is 24.6. The Hall–Kier alpha value is -1.27. The normalized spacial score (nSPS) is 11.0. The first-order chi connectivity index (χ1) is 7.81. The lowest BCUT2D eigenvalue weighted by Crippen LogP contribution is -2.14. The first-order valence-corrected chi connectivity index (χ1v) is 7.18. The number of carbonyl (C=O) groups excluding carboxylic acids is 1. The highest BCUT2D eigenvalue weighted by atomic mass is 35.5. The van der Waals surface area contributed by atoms with Gasteiger partial charge in [0.1, 0.15) is 5.88 Å². The van der Waals surface area contributed by atoms with Crippen LogP contribution in [0.25, 0.3) is 0 Å². The number of aryl methyl sites for hydroxylation is 1. The molecular weight excluding hydrogens is 264 g/mol. The summed E-state index contributed by atoms with van der Waals surface area (Å²) >= 11 is 5.36. The third kappa shape index (κ3) is 4.62. The van der Waals surface area contributed by atoms with Crippen molar-refractivity contribution >= 4 is 38.9 Å². The van der Waals surface area contributed by atoms with E-state index >= 15 is 0 Å². The Morgan fingerprint density at radius 2 is 2.06 bits per heavy atom. The van der Waals surface area contributed by atoms with Gasteiger partial charge in [0.05, 0.1) is 11.9 Å². The van der Waals surface area contributed by atoms with Gasteiger partial charge in [-0.3, -0.25) is 9.52 Å². The number of nitrogens with one attached hydrogen (secondary N) is 2. The number of carbonyl (C=O) groups is 1. The van der Waals surface area contributed by atoms with Crippen molar-refractivity contribution in [3.05, 3.63) is 23.8 Å². The molecule has 0 aliphatic rings. The molecule has 94 valence electrons. The van der Waals surface area contributed by atoms with Gasteiger partial charge in [-0.15, -0.1) is 11.6 Å². The van der Waals surface area contributed by atoms with Gasteiger partial charge in [0.2, 0.25) is 15.9 Å². The molecule has 0 fully saturated rings. The molecule has 2 N–H and O–H groups in total. The van der Waals surface area contributed by atoms with Gasteiger partial charge in [-0.1, -0.05) is 6.07 Å². The predicted octanol–water partition coefficient (Wildman–Crippen LogP) is 1.54. The Balaban J connectivity index is 2.98. The lowest BCUT2D eigenvalue weighted by molar-refractivity contribution is -0.113. The molecule has 17 heavy (non-hydrogen) atoms. The van der Waals surface area contributed by atoms with Crippen LogP contribution < -0.4 is 10.0 Å². The Kier molecular flexibility index (Phi) is 4.36. The van der Waals surface area contributed by atoms with Crippen molar-refractivity contribution in [2.75, 3.05) is 22.2 Å². The summed E-state index contributed by atoms with van der Waals surface area (Å²) in [5.74, 6) is -0.497. The highest BCUT2D eigenvalue weighted by Crippen LogP contribution is 2.21. The van der Waals surface area contributed by atoms with Gasteiger partial charge < -0.3 is 5.32 Å². The summed E-state index contributed by atoms with van der Waals surface area (Å²) in [4.78, 5) is 11.1. The smallest absolute Gasteiger partial charge is 0.239 e. The Morgan fingerprint density at radius 3 is 2.59 bits per heavy atom. The summed E-state index contributed by atoms with van der Waals surface area (Å²) in [6.07, 6.45) is 1.07. The Morgan fingerprint density at radius 1 is 1.41 bits per heavy atom. The van der Waals surface area contributed by atoms with Crippen molar-refractivity contribution in [3.63, 3.8) is 0 Å². The molecule has 1 amide bonds. The zero-order valence-corrected chi connectivity index (χ0v) is 11.0. The van der Waals surface area contributed by atoms with Gasteiger partial charge in [-0.2, -0.15) is 0 Å². The molecule has 0 radical (unpaired) electrons. The molecule has 0 aliphatic heterocycles. The number of anilines is 2. The molecule has 0 heterocycles. The molecule has 1 rings (SSSR count). The standard InChI is InChI=1S/C10H13ClN2O3S/c1-7-3-4-8(12-10(14)6-11)5-9(7)13-17(2,15)16/h3-5,13H,6H2,1-2H3,(H,12,14). The molecule has 0 bridgehead atoms. The van der Waals surface area contributed by atoms with Crippen LogP contribution in [0.4, 0.5) is 11.4 Å². The fraction of sp³-hybridized carbons (Fsp3) is 0.300. The van der Waals surface area contributed by atoms with E-state index in [9.17, 15) is 13.2 Å². The van der Waals surface area contributed by atoms with E-state index in [1.54, 1.807) is 25.1 Å². The summed E-state index contributed by atoms with van der Waals surface area (Å²) in [6, 6.07) is 4.92. The minimum atomic E-state index is -3.34. The second-order valence-corrected chi connectivity index (χ2v) is 5.60. The molecule has 0 spiro atoms. The molecule has 5 nitrogen and oxygen atoms in total. The fourth-order valence-corrected chi connectivity index (χ4v) is 1.89. The average molecular weight is 277 g/mol. The van der Waals surface area contributed by atoms with Gasteiger partial charge in [0.25, 0.3) is 0 Å². The monoisotopic (exact) mass is 276 g/mol. The van der Waals surface area contributed by atoms with Crippen molar-refractivity contribution < 1.29 is 13.2 Å². The molecule has 0 unspecified atom stereocenters. The number of amides is 1. The summed E-state index contributed by atoms with van der Waals surface area (Å²) in [5, 5.41) is 2.54. The van der Waals surface area contributed by atoms with Crippen LogP contribution in [0.5, 0.6) is 0 Å². The minimum Gasteiger partial charge on any atom is -0.325 e. The van der Waals surface area contributed by atoms with Crippen molar-refractivity contribution in [3.8, 4) is 0 Å². The number of sulfonamides is 1. The number of halogens is 1. The van der Waals surface area contributed by atoms with Gasteiger partial charge in [0.15, 0.2) is 0 Å². The topological polar surface area (TPSA) is 75.3 Å². The Bertz CT molecular complexity index is 528. The summed E-state index contributed by atoms with van der Waals surface area (Å²) in [6.45, 7) is 1.76. The van der Waals surface area contributed by atoms with E-state index in [1.807, 2.05) is 0 Å². The first-order valence-electron chi connectivity index (χ1n) is 4.76. The van der Waals surface area contributed by atoms with E-state index in [0.717, 1.165) is 11.8 Å². The number of hydrogen-bond acceptors (Lipinski definition) is 3. The number of rotatable bonds is 4. The highest BCUT2D eigenvalue weighted by molar-refractivity contribution is 7.92. The van der Waals surface area contributed by atoms with Crippen LogP contribution in [0.2, 0.25) is 0 Å². The molecular formula is C10H13ClN2O3S. The second kappa shape index (κ2) is 5.37. The molecule has 7 heteroatoms. The SMILES string of the molecule is Cc1ccc(NC(=O)CCl)cc1NS(C)(=O)=O. The lowest BCUT2D eigenvalue weighted by Gasteiger charge is -2.10. The van der Waals surface area contributed by atoms with Gasteiger partial charge in [-0.25, -0.2) is 8.42 Å². The van der Waals surface area contributed by atoms with E-state index < -0.39 is 10.0 Å². The molecule has 0 saturated heterocycles. The Labute approximate surface area is 105 Å². The van der Waals surface area contributed by atoms with Crippen molar-refractivity contribution in [2.24, 2.45) is 0 Å². The van der Waals surface area contributed by atoms with Gasteiger partial charge >= 0.3 is 0 Å². The molecule has 0 aliphatic carbocycles. The molecule has 1 aromatic rings. The van der Waals surface area contributed by atoms with E-state index in [4.69, 9.17) is 11.6 Å². The third-order valence-corrected chi connectivity index (χ3v) is 2.77. The molecule has 0 saturated carbocycles. The van der Waals surface area contributed by atoms with Crippen LogP contribution in [0.1, 0.15) is 5.56 Å². The average Bonchev–Trinajstić information content (AvgIpc) is 2.21. The first kappa shape index (κ1) is 13.8. The number of benzene rings is 1. The number of alkyl halides is 1. The quantitative estimate of drug-likeness (QED) is 0.819. The van der Waals surface area contributed by atoms with Crippen molar-refractivity contribution in [2.45, 2.75) is 6.92 Å². The van der Waals surface area contributed by atoms with Gasteiger partial charge in [-0.05, 0) is 24.6 Å². The van der Waals surface area contributed by atoms with E-state index in [0.29, 0.717) is 11.4 Å². The lowest BCUT2D eigenvalue weighted by atomic mass is 10.2. The summed E-state index contributed by atoms with van der Waals surface area (Å²) in [7, 11) is -3.34. The van der Waals surface area contributed by atoms with E-state index in [-0.39, 0.29) is 11.8 Å². The number of hydrogen-bond donors (Lipinski definition) is 2. The van der Waals surface area contributed by atoms with Gasteiger partial charge in [0, 0.05) is 5.69 Å². The maximum absolute atomic E-state index is 11.1. The highest BCUT2D eigenvalue weighted by Gasteiger charge is 2.07. The maximum atomic E-state index is 11.1. The fourth-order valence-electron chi connectivity index (χ4n) is 1.20. The molecule has 1 aromatic carbocycles. The van der Waals surface area contributed by atoms with Crippen LogP contribution in [0, 0.1) is 6.92 Å². The second-order valence-electron chi connectivity index (χ2n) is 3.59. The summed E-state index contributed by atoms with van der Waals surface area (Å²) in [5.41, 5.74) is 1.69.